The van der Waals surface area contributed by atoms with Crippen LogP contribution in [-0.4, -0.2) is 54.0 Å². The van der Waals surface area contributed by atoms with Gasteiger partial charge in [0.25, 0.3) is 0 Å². The van der Waals surface area contributed by atoms with Gasteiger partial charge in [-0.05, 0) is 52.2 Å². The fourth-order valence-electron chi connectivity index (χ4n) is 3.00. The molecule has 16 heavy (non-hydrogen) atoms. The van der Waals surface area contributed by atoms with Crippen molar-refractivity contribution in [2.24, 2.45) is 5.73 Å². The van der Waals surface area contributed by atoms with E-state index in [1.165, 1.54) is 25.9 Å². The lowest BCUT2D eigenvalue weighted by molar-refractivity contribution is -0.122. The fourth-order valence-corrected chi connectivity index (χ4v) is 3.00. The minimum atomic E-state index is -0.147. The average Bonchev–Trinajstić information content (AvgIpc) is 2.86. The summed E-state index contributed by atoms with van der Waals surface area (Å²) in [6.07, 6.45) is 4.70. The van der Waals surface area contributed by atoms with Crippen molar-refractivity contribution in [3.8, 4) is 0 Å². The van der Waals surface area contributed by atoms with E-state index in [9.17, 15) is 4.79 Å². The molecular weight excluding hydrogens is 202 g/mol. The first-order chi connectivity index (χ1) is 7.68. The number of primary amides is 1. The van der Waals surface area contributed by atoms with Crippen molar-refractivity contribution < 1.29 is 4.79 Å². The van der Waals surface area contributed by atoms with E-state index in [0.29, 0.717) is 6.04 Å². The third-order valence-corrected chi connectivity index (χ3v) is 3.95. The van der Waals surface area contributed by atoms with E-state index in [-0.39, 0.29) is 11.9 Å². The van der Waals surface area contributed by atoms with Crippen LogP contribution in [0, 0.1) is 0 Å². The molecule has 0 aliphatic carbocycles. The smallest absolute Gasteiger partial charge is 0.234 e. The molecule has 2 saturated heterocycles. The Morgan fingerprint density at radius 3 is 2.62 bits per heavy atom. The van der Waals surface area contributed by atoms with Gasteiger partial charge in [0.2, 0.25) is 5.91 Å². The molecule has 2 atom stereocenters. The van der Waals surface area contributed by atoms with Gasteiger partial charge in [-0.2, -0.15) is 0 Å². The van der Waals surface area contributed by atoms with Crippen LogP contribution in [0.1, 0.15) is 32.6 Å². The van der Waals surface area contributed by atoms with E-state index < -0.39 is 0 Å². The summed E-state index contributed by atoms with van der Waals surface area (Å²) in [6, 6.07) is 0.549. The minimum Gasteiger partial charge on any atom is -0.368 e. The van der Waals surface area contributed by atoms with Crippen molar-refractivity contribution in [2.45, 2.75) is 44.7 Å². The lowest BCUT2D eigenvalue weighted by Gasteiger charge is -2.30. The highest BCUT2D eigenvalue weighted by molar-refractivity contribution is 5.80. The van der Waals surface area contributed by atoms with Crippen LogP contribution >= 0.6 is 0 Å². The number of hydrogen-bond acceptors (Lipinski definition) is 3. The molecule has 0 bridgehead atoms. The van der Waals surface area contributed by atoms with Crippen LogP contribution in [0.5, 0.6) is 0 Å². The van der Waals surface area contributed by atoms with Crippen LogP contribution in [0.2, 0.25) is 0 Å². The summed E-state index contributed by atoms with van der Waals surface area (Å²) < 4.78 is 0. The summed E-state index contributed by atoms with van der Waals surface area (Å²) in [6.45, 7) is 6.73. The number of carbonyl (C=O) groups excluding carboxylic acids is 1. The summed E-state index contributed by atoms with van der Waals surface area (Å²) >= 11 is 0. The van der Waals surface area contributed by atoms with Gasteiger partial charge in [-0.15, -0.1) is 0 Å². The number of rotatable bonds is 4. The molecule has 92 valence electrons. The Morgan fingerprint density at radius 1 is 1.31 bits per heavy atom. The lowest BCUT2D eigenvalue weighted by atomic mass is 10.2. The first-order valence-electron chi connectivity index (χ1n) is 6.46. The number of carbonyl (C=O) groups is 1. The summed E-state index contributed by atoms with van der Waals surface area (Å²) in [4.78, 5) is 16.1. The van der Waals surface area contributed by atoms with Crippen molar-refractivity contribution >= 4 is 5.91 Å². The monoisotopic (exact) mass is 225 g/mol. The quantitative estimate of drug-likeness (QED) is 0.754. The van der Waals surface area contributed by atoms with Crippen molar-refractivity contribution in [1.29, 1.82) is 0 Å². The molecule has 0 unspecified atom stereocenters. The van der Waals surface area contributed by atoms with Crippen LogP contribution in [0.15, 0.2) is 0 Å². The molecule has 2 heterocycles. The Balaban J connectivity index is 1.85. The van der Waals surface area contributed by atoms with Crippen molar-refractivity contribution in [3.05, 3.63) is 0 Å². The van der Waals surface area contributed by atoms with Gasteiger partial charge in [0.1, 0.15) is 0 Å². The first-order valence-corrected chi connectivity index (χ1v) is 6.46. The molecule has 0 aromatic heterocycles. The van der Waals surface area contributed by atoms with E-state index in [1.807, 2.05) is 0 Å². The van der Waals surface area contributed by atoms with Gasteiger partial charge in [0.05, 0.1) is 6.04 Å². The molecule has 0 spiro atoms. The Morgan fingerprint density at radius 2 is 2.00 bits per heavy atom. The molecule has 0 aromatic rings. The van der Waals surface area contributed by atoms with Gasteiger partial charge < -0.3 is 5.73 Å². The summed E-state index contributed by atoms with van der Waals surface area (Å²) in [5.41, 5.74) is 5.42. The van der Waals surface area contributed by atoms with Gasteiger partial charge in [0, 0.05) is 12.6 Å². The second kappa shape index (κ2) is 5.15. The lowest BCUT2D eigenvalue weighted by Crippen LogP contribution is -2.47. The maximum atomic E-state index is 11.3. The highest BCUT2D eigenvalue weighted by Gasteiger charge is 2.31. The maximum absolute atomic E-state index is 11.3. The Hall–Kier alpha value is -0.610. The number of likely N-dealkylation sites (tertiary alicyclic amines) is 2. The number of nitrogens with zero attached hydrogens (tertiary/aromatic N) is 2. The molecule has 2 aliphatic heterocycles. The topological polar surface area (TPSA) is 49.6 Å². The fraction of sp³-hybridized carbons (Fsp3) is 0.917. The van der Waals surface area contributed by atoms with Crippen LogP contribution in [0.25, 0.3) is 0 Å². The summed E-state index contributed by atoms with van der Waals surface area (Å²) in [7, 11) is 0. The second-order valence-electron chi connectivity index (χ2n) is 5.15. The van der Waals surface area contributed by atoms with Crippen molar-refractivity contribution in [2.75, 3.05) is 26.2 Å². The molecule has 1 amide bonds. The van der Waals surface area contributed by atoms with E-state index >= 15 is 0 Å². The molecule has 4 nitrogen and oxygen atoms in total. The van der Waals surface area contributed by atoms with Gasteiger partial charge in [0.15, 0.2) is 0 Å². The second-order valence-corrected chi connectivity index (χ2v) is 5.15. The molecule has 2 rings (SSSR count). The molecule has 0 radical (unpaired) electrons. The average molecular weight is 225 g/mol. The summed E-state index contributed by atoms with van der Waals surface area (Å²) in [5, 5.41) is 0. The van der Waals surface area contributed by atoms with Gasteiger partial charge in [-0.1, -0.05) is 0 Å². The first kappa shape index (κ1) is 11.9. The van der Waals surface area contributed by atoms with E-state index in [0.717, 1.165) is 25.9 Å². The molecular formula is C12H23N3O. The molecule has 2 aliphatic rings. The van der Waals surface area contributed by atoms with Crippen LogP contribution in [0.4, 0.5) is 0 Å². The van der Waals surface area contributed by atoms with Crippen LogP contribution in [-0.2, 0) is 4.79 Å². The third kappa shape index (κ3) is 2.55. The third-order valence-electron chi connectivity index (χ3n) is 3.95. The highest BCUT2D eigenvalue weighted by Crippen LogP contribution is 2.19. The standard InChI is InChI=1S/C12H23N3O/c1-10(14-6-2-3-7-14)9-15-8-4-5-11(15)12(13)16/h10-11H,2-9H2,1H3,(H2,13,16)/t10-,11+/m0/s1. The highest BCUT2D eigenvalue weighted by atomic mass is 16.1. The van der Waals surface area contributed by atoms with E-state index in [1.54, 1.807) is 0 Å². The SMILES string of the molecule is C[C@@H](CN1CCC[C@@H]1C(N)=O)N1CCCC1. The summed E-state index contributed by atoms with van der Waals surface area (Å²) in [5.74, 6) is -0.147. The molecule has 0 aromatic carbocycles. The zero-order valence-corrected chi connectivity index (χ0v) is 10.2. The number of nitrogens with two attached hydrogens (primary N) is 1. The number of hydrogen-bond donors (Lipinski definition) is 1. The maximum Gasteiger partial charge on any atom is 0.234 e. The Labute approximate surface area is 97.8 Å². The zero-order chi connectivity index (χ0) is 11.5. The predicted octanol–water partition coefficient (Wildman–Crippen LogP) is 0.420. The van der Waals surface area contributed by atoms with Crippen molar-refractivity contribution in [3.63, 3.8) is 0 Å². The van der Waals surface area contributed by atoms with E-state index in [4.69, 9.17) is 5.73 Å². The zero-order valence-electron chi connectivity index (χ0n) is 10.2. The minimum absolute atomic E-state index is 0.00921. The largest absolute Gasteiger partial charge is 0.368 e. The number of amides is 1. The van der Waals surface area contributed by atoms with Crippen LogP contribution < -0.4 is 5.73 Å². The van der Waals surface area contributed by atoms with Gasteiger partial charge in [-0.3, -0.25) is 14.6 Å². The predicted molar refractivity (Wildman–Crippen MR) is 64.1 cm³/mol. The van der Waals surface area contributed by atoms with Crippen LogP contribution in [0.3, 0.4) is 0 Å². The van der Waals surface area contributed by atoms with Crippen molar-refractivity contribution in [1.82, 2.24) is 9.80 Å². The molecule has 2 N–H and O–H groups in total. The Kier molecular flexibility index (Phi) is 3.82. The van der Waals surface area contributed by atoms with Gasteiger partial charge in [-0.25, -0.2) is 0 Å². The van der Waals surface area contributed by atoms with E-state index in [2.05, 4.69) is 16.7 Å². The Bertz CT molecular complexity index is 251. The molecule has 4 heteroatoms. The van der Waals surface area contributed by atoms with Gasteiger partial charge >= 0.3 is 0 Å². The molecule has 2 fully saturated rings. The molecule has 0 saturated carbocycles. The normalized spacial score (nSPS) is 29.7.